The van der Waals surface area contributed by atoms with Crippen molar-refractivity contribution < 1.29 is 4.79 Å². The van der Waals surface area contributed by atoms with Gasteiger partial charge in [0.2, 0.25) is 0 Å². The van der Waals surface area contributed by atoms with E-state index in [4.69, 9.17) is 5.73 Å². The van der Waals surface area contributed by atoms with E-state index in [1.54, 1.807) is 6.07 Å². The van der Waals surface area contributed by atoms with Gasteiger partial charge in [-0.05, 0) is 30.7 Å². The third-order valence-electron chi connectivity index (χ3n) is 2.42. The van der Waals surface area contributed by atoms with Crippen LogP contribution in [0, 0.1) is 0 Å². The lowest BCUT2D eigenvalue weighted by Crippen LogP contribution is -2.23. The number of nitrogens with zero attached hydrogens (tertiary/aromatic N) is 3. The molecule has 18 heavy (non-hydrogen) atoms. The number of nitrogens with one attached hydrogen (secondary N) is 2. The number of amides is 1. The lowest BCUT2D eigenvalue weighted by atomic mass is 10.1. The zero-order valence-corrected chi connectivity index (χ0v) is 9.76. The Kier molecular flexibility index (Phi) is 3.98. The van der Waals surface area contributed by atoms with E-state index in [9.17, 15) is 4.79 Å². The predicted octanol–water partition coefficient (Wildman–Crippen LogP) is -0.369. The number of benzene rings is 1. The van der Waals surface area contributed by atoms with E-state index < -0.39 is 0 Å². The Labute approximate surface area is 104 Å². The normalized spacial score (nSPS) is 10.3. The van der Waals surface area contributed by atoms with Crippen molar-refractivity contribution in [3.63, 3.8) is 0 Å². The van der Waals surface area contributed by atoms with E-state index in [1.165, 1.54) is 0 Å². The van der Waals surface area contributed by atoms with Gasteiger partial charge in [-0.25, -0.2) is 0 Å². The van der Waals surface area contributed by atoms with Crippen LogP contribution in [0.25, 0.3) is 0 Å². The Morgan fingerprint density at radius 3 is 3.06 bits per heavy atom. The molecule has 0 radical (unpaired) electrons. The second-order valence-electron chi connectivity index (χ2n) is 3.75. The Bertz CT molecular complexity index is 510. The van der Waals surface area contributed by atoms with Gasteiger partial charge in [0.1, 0.15) is 0 Å². The summed E-state index contributed by atoms with van der Waals surface area (Å²) in [6.45, 7) is 0.810. The average Bonchev–Trinajstić information content (AvgIpc) is 2.90. The van der Waals surface area contributed by atoms with Gasteiger partial charge in [-0.15, -0.1) is 10.2 Å². The highest BCUT2D eigenvalue weighted by Gasteiger charge is 2.07. The van der Waals surface area contributed by atoms with Crippen LogP contribution in [0.4, 0.5) is 0 Å². The summed E-state index contributed by atoms with van der Waals surface area (Å²) in [6.07, 6.45) is 0.756. The Morgan fingerprint density at radius 2 is 2.33 bits per heavy atom. The highest BCUT2D eigenvalue weighted by Crippen LogP contribution is 2.05. The molecule has 94 valence electrons. The summed E-state index contributed by atoms with van der Waals surface area (Å²) in [5.74, 6) is 0.278. The molecule has 1 heterocycles. The van der Waals surface area contributed by atoms with Crippen LogP contribution in [0.5, 0.6) is 0 Å². The molecule has 0 saturated heterocycles. The van der Waals surface area contributed by atoms with E-state index in [-0.39, 0.29) is 12.5 Å². The largest absolute Gasteiger partial charge is 0.345 e. The van der Waals surface area contributed by atoms with Crippen molar-refractivity contribution in [2.24, 2.45) is 5.73 Å². The number of aromatic nitrogens is 4. The molecule has 7 heteroatoms. The zero-order valence-electron chi connectivity index (χ0n) is 9.76. The van der Waals surface area contributed by atoms with Gasteiger partial charge in [-0.3, -0.25) is 4.79 Å². The van der Waals surface area contributed by atoms with Crippen molar-refractivity contribution in [2.45, 2.75) is 13.0 Å². The molecule has 0 spiro atoms. The molecule has 4 N–H and O–H groups in total. The number of hydrogen-bond donors (Lipinski definition) is 3. The molecular formula is C11H14N6O. The number of H-pyrrole nitrogens is 1. The number of tetrazole rings is 1. The highest BCUT2D eigenvalue weighted by atomic mass is 16.1. The van der Waals surface area contributed by atoms with Crippen molar-refractivity contribution in [1.29, 1.82) is 0 Å². The summed E-state index contributed by atoms with van der Waals surface area (Å²) < 4.78 is 0. The first-order chi connectivity index (χ1) is 8.79. The summed E-state index contributed by atoms with van der Waals surface area (Å²) in [7, 11) is 0. The highest BCUT2D eigenvalue weighted by molar-refractivity contribution is 5.94. The van der Waals surface area contributed by atoms with E-state index in [2.05, 4.69) is 25.9 Å². The molecule has 0 aliphatic heterocycles. The predicted molar refractivity (Wildman–Crippen MR) is 64.5 cm³/mol. The second-order valence-corrected chi connectivity index (χ2v) is 3.75. The molecule has 0 aliphatic rings. The molecule has 0 fully saturated rings. The molecule has 2 aromatic rings. The minimum atomic E-state index is -0.168. The van der Waals surface area contributed by atoms with Crippen LogP contribution >= 0.6 is 0 Å². The summed E-state index contributed by atoms with van der Waals surface area (Å²) in [6, 6.07) is 7.38. The number of aromatic amines is 1. The monoisotopic (exact) mass is 246 g/mol. The summed E-state index contributed by atoms with van der Waals surface area (Å²) in [4.78, 5) is 11.9. The Morgan fingerprint density at radius 1 is 1.44 bits per heavy atom. The molecule has 2 rings (SSSR count). The Hall–Kier alpha value is -2.28. The van der Waals surface area contributed by atoms with Crippen molar-refractivity contribution in [3.05, 3.63) is 41.2 Å². The molecule has 1 aromatic heterocycles. The number of rotatable bonds is 5. The molecule has 7 nitrogen and oxygen atoms in total. The summed E-state index contributed by atoms with van der Waals surface area (Å²) in [5, 5.41) is 15.9. The lowest BCUT2D eigenvalue weighted by molar-refractivity contribution is 0.0950. The van der Waals surface area contributed by atoms with Gasteiger partial charge in [0.05, 0.1) is 6.54 Å². The standard InChI is InChI=1S/C11H14N6O/c12-5-4-8-2-1-3-9(6-8)11(18)13-7-10-14-16-17-15-10/h1-3,6H,4-5,7,12H2,(H,13,18)(H,14,15,16,17). The third-order valence-corrected chi connectivity index (χ3v) is 2.42. The molecule has 0 aliphatic carbocycles. The number of hydrogen-bond acceptors (Lipinski definition) is 5. The quantitative estimate of drug-likeness (QED) is 0.667. The molecule has 0 saturated carbocycles. The van der Waals surface area contributed by atoms with Crippen LogP contribution in [0.15, 0.2) is 24.3 Å². The van der Waals surface area contributed by atoms with Gasteiger partial charge in [0, 0.05) is 5.56 Å². The molecule has 0 unspecified atom stereocenters. The fourth-order valence-corrected chi connectivity index (χ4v) is 1.55. The average molecular weight is 246 g/mol. The molecule has 1 aromatic carbocycles. The zero-order chi connectivity index (χ0) is 12.8. The van der Waals surface area contributed by atoms with Gasteiger partial charge < -0.3 is 11.1 Å². The van der Waals surface area contributed by atoms with E-state index in [0.717, 1.165) is 12.0 Å². The van der Waals surface area contributed by atoms with Crippen molar-refractivity contribution in [1.82, 2.24) is 25.9 Å². The first-order valence-corrected chi connectivity index (χ1v) is 5.59. The minimum Gasteiger partial charge on any atom is -0.345 e. The fraction of sp³-hybridized carbons (Fsp3) is 0.273. The molecule has 0 bridgehead atoms. The molecule has 1 amide bonds. The van der Waals surface area contributed by atoms with E-state index in [1.807, 2.05) is 18.2 Å². The van der Waals surface area contributed by atoms with Gasteiger partial charge >= 0.3 is 0 Å². The first kappa shape index (κ1) is 12.2. The van der Waals surface area contributed by atoms with Gasteiger partial charge in [-0.2, -0.15) is 5.21 Å². The number of carbonyl (C=O) groups excluding carboxylic acids is 1. The van der Waals surface area contributed by atoms with E-state index in [0.29, 0.717) is 17.9 Å². The van der Waals surface area contributed by atoms with Crippen LogP contribution in [0.1, 0.15) is 21.7 Å². The third kappa shape index (κ3) is 3.11. The van der Waals surface area contributed by atoms with Crippen molar-refractivity contribution in [2.75, 3.05) is 6.54 Å². The SMILES string of the molecule is NCCc1cccc(C(=O)NCc2nn[nH]n2)c1. The van der Waals surface area contributed by atoms with E-state index >= 15 is 0 Å². The van der Waals surface area contributed by atoms with Gasteiger partial charge in [0.15, 0.2) is 5.82 Å². The molecule has 0 atom stereocenters. The van der Waals surface area contributed by atoms with Crippen molar-refractivity contribution >= 4 is 5.91 Å². The van der Waals surface area contributed by atoms with Crippen LogP contribution in [0.3, 0.4) is 0 Å². The topological polar surface area (TPSA) is 110 Å². The van der Waals surface area contributed by atoms with Crippen LogP contribution < -0.4 is 11.1 Å². The fourth-order valence-electron chi connectivity index (χ4n) is 1.55. The Balaban J connectivity index is 1.97. The summed E-state index contributed by atoms with van der Waals surface area (Å²) in [5.41, 5.74) is 7.13. The lowest BCUT2D eigenvalue weighted by Gasteiger charge is -2.04. The number of nitrogens with two attached hydrogens (primary N) is 1. The smallest absolute Gasteiger partial charge is 0.251 e. The second kappa shape index (κ2) is 5.87. The minimum absolute atomic E-state index is 0.168. The number of carbonyl (C=O) groups is 1. The van der Waals surface area contributed by atoms with Gasteiger partial charge in [-0.1, -0.05) is 17.3 Å². The maximum Gasteiger partial charge on any atom is 0.251 e. The maximum atomic E-state index is 11.9. The molecular weight excluding hydrogens is 232 g/mol. The summed E-state index contributed by atoms with van der Waals surface area (Å²) >= 11 is 0. The maximum absolute atomic E-state index is 11.9. The first-order valence-electron chi connectivity index (χ1n) is 5.59. The van der Waals surface area contributed by atoms with Crippen LogP contribution in [-0.2, 0) is 13.0 Å². The van der Waals surface area contributed by atoms with Gasteiger partial charge in [0.25, 0.3) is 5.91 Å². The van der Waals surface area contributed by atoms with Crippen molar-refractivity contribution in [3.8, 4) is 0 Å². The van der Waals surface area contributed by atoms with Crippen LogP contribution in [0.2, 0.25) is 0 Å². The van der Waals surface area contributed by atoms with Crippen LogP contribution in [-0.4, -0.2) is 33.1 Å².